The predicted octanol–water partition coefficient (Wildman–Crippen LogP) is 4.24. The number of carbonyl (C=O) groups is 2. The second-order valence-electron chi connectivity index (χ2n) is 7.33. The summed E-state index contributed by atoms with van der Waals surface area (Å²) in [6, 6.07) is 25.9. The van der Waals surface area contributed by atoms with Gasteiger partial charge < -0.3 is 14.8 Å². The molecule has 1 amide bonds. The van der Waals surface area contributed by atoms with Gasteiger partial charge in [-0.1, -0.05) is 48.5 Å². The molecule has 1 heterocycles. The molecule has 31 heavy (non-hydrogen) atoms. The number of para-hydroxylation sites is 1. The Hall–Kier alpha value is -3.64. The summed E-state index contributed by atoms with van der Waals surface area (Å²) >= 11 is 0. The van der Waals surface area contributed by atoms with Gasteiger partial charge in [0, 0.05) is 18.8 Å². The van der Waals surface area contributed by atoms with E-state index in [0.29, 0.717) is 31.1 Å². The minimum atomic E-state index is -0.602. The lowest BCUT2D eigenvalue weighted by Crippen LogP contribution is -2.49. The van der Waals surface area contributed by atoms with Gasteiger partial charge in [0.2, 0.25) is 5.91 Å². The number of hydrogen-bond donors (Lipinski definition) is 1. The molecular weight excluding hydrogens is 392 g/mol. The molecule has 0 unspecified atom stereocenters. The summed E-state index contributed by atoms with van der Waals surface area (Å²) in [6.07, 6.45) is 0.0356. The summed E-state index contributed by atoms with van der Waals surface area (Å²) < 4.78 is 11.0. The molecule has 0 radical (unpaired) electrons. The van der Waals surface area contributed by atoms with Crippen LogP contribution in [-0.4, -0.2) is 36.0 Å². The molecule has 0 spiro atoms. The van der Waals surface area contributed by atoms with Crippen LogP contribution in [0.15, 0.2) is 84.9 Å². The van der Waals surface area contributed by atoms with Crippen LogP contribution in [0.3, 0.4) is 0 Å². The SMILES string of the molecule is O=C(C[C@H]1C(=O)OCCN1Cc1ccccc1)Nc1ccc(Oc2ccccc2)cc1. The lowest BCUT2D eigenvalue weighted by molar-refractivity contribution is -0.159. The molecule has 0 saturated carbocycles. The molecule has 158 valence electrons. The largest absolute Gasteiger partial charge is 0.463 e. The van der Waals surface area contributed by atoms with Crippen molar-refractivity contribution in [2.75, 3.05) is 18.5 Å². The van der Waals surface area contributed by atoms with E-state index >= 15 is 0 Å². The van der Waals surface area contributed by atoms with Crippen LogP contribution in [0.25, 0.3) is 0 Å². The minimum absolute atomic E-state index is 0.0356. The van der Waals surface area contributed by atoms with E-state index in [1.165, 1.54) is 0 Å². The number of nitrogens with zero attached hydrogens (tertiary/aromatic N) is 1. The van der Waals surface area contributed by atoms with Crippen LogP contribution in [0.1, 0.15) is 12.0 Å². The van der Waals surface area contributed by atoms with Crippen molar-refractivity contribution in [1.29, 1.82) is 0 Å². The normalized spacial score (nSPS) is 16.4. The third kappa shape index (κ3) is 5.71. The highest BCUT2D eigenvalue weighted by atomic mass is 16.5. The number of ether oxygens (including phenoxy) is 2. The van der Waals surface area contributed by atoms with E-state index in [0.717, 1.165) is 11.3 Å². The maximum atomic E-state index is 12.6. The lowest BCUT2D eigenvalue weighted by Gasteiger charge is -2.33. The first kappa shape index (κ1) is 20.6. The summed E-state index contributed by atoms with van der Waals surface area (Å²) in [5.41, 5.74) is 1.74. The van der Waals surface area contributed by atoms with Crippen molar-refractivity contribution in [2.24, 2.45) is 0 Å². The number of nitrogens with one attached hydrogen (secondary N) is 1. The average Bonchev–Trinajstić information content (AvgIpc) is 2.79. The molecule has 1 aliphatic rings. The fourth-order valence-electron chi connectivity index (χ4n) is 3.50. The van der Waals surface area contributed by atoms with Crippen molar-refractivity contribution in [2.45, 2.75) is 19.0 Å². The van der Waals surface area contributed by atoms with Gasteiger partial charge in [-0.3, -0.25) is 14.5 Å². The standard InChI is InChI=1S/C25H24N2O4/c28-24(26-20-11-13-22(14-12-20)31-21-9-5-2-6-10-21)17-23-25(29)30-16-15-27(23)18-19-7-3-1-4-8-19/h1-14,23H,15-18H2,(H,26,28)/t23-/m0/s1. The van der Waals surface area contributed by atoms with Crippen LogP contribution in [0.4, 0.5) is 5.69 Å². The molecule has 0 aliphatic carbocycles. The van der Waals surface area contributed by atoms with Crippen molar-refractivity contribution in [3.8, 4) is 11.5 Å². The Morgan fingerprint density at radius 3 is 2.29 bits per heavy atom. The summed E-state index contributed by atoms with van der Waals surface area (Å²) in [5, 5.41) is 2.86. The number of amides is 1. The Bertz CT molecular complexity index is 1010. The van der Waals surface area contributed by atoms with Crippen LogP contribution < -0.4 is 10.1 Å². The van der Waals surface area contributed by atoms with Crippen molar-refractivity contribution < 1.29 is 19.1 Å². The van der Waals surface area contributed by atoms with Gasteiger partial charge in [-0.25, -0.2) is 0 Å². The number of esters is 1. The smallest absolute Gasteiger partial charge is 0.323 e. The third-order valence-corrected chi connectivity index (χ3v) is 5.06. The average molecular weight is 416 g/mol. The Balaban J connectivity index is 1.35. The Morgan fingerprint density at radius 1 is 0.935 bits per heavy atom. The van der Waals surface area contributed by atoms with Gasteiger partial charge in [-0.2, -0.15) is 0 Å². The zero-order valence-electron chi connectivity index (χ0n) is 17.1. The van der Waals surface area contributed by atoms with Gasteiger partial charge >= 0.3 is 5.97 Å². The Kier molecular flexibility index (Phi) is 6.59. The second kappa shape index (κ2) is 9.91. The zero-order chi connectivity index (χ0) is 21.5. The fraction of sp³-hybridized carbons (Fsp3) is 0.200. The van der Waals surface area contributed by atoms with E-state index in [2.05, 4.69) is 5.32 Å². The van der Waals surface area contributed by atoms with Gasteiger partial charge in [0.1, 0.15) is 24.1 Å². The lowest BCUT2D eigenvalue weighted by atomic mass is 10.1. The Morgan fingerprint density at radius 2 is 1.58 bits per heavy atom. The van der Waals surface area contributed by atoms with E-state index in [4.69, 9.17) is 9.47 Å². The molecule has 0 bridgehead atoms. The third-order valence-electron chi connectivity index (χ3n) is 5.06. The second-order valence-corrected chi connectivity index (χ2v) is 7.33. The molecular formula is C25H24N2O4. The van der Waals surface area contributed by atoms with E-state index in [1.54, 1.807) is 24.3 Å². The molecule has 1 saturated heterocycles. The molecule has 6 nitrogen and oxygen atoms in total. The molecule has 0 aromatic heterocycles. The van der Waals surface area contributed by atoms with Crippen LogP contribution in [0, 0.1) is 0 Å². The quantitative estimate of drug-likeness (QED) is 0.584. The monoisotopic (exact) mass is 416 g/mol. The van der Waals surface area contributed by atoms with Crippen LogP contribution in [0.2, 0.25) is 0 Å². The first-order valence-corrected chi connectivity index (χ1v) is 10.2. The molecule has 3 aromatic rings. The molecule has 3 aromatic carbocycles. The number of rotatable bonds is 7. The summed E-state index contributed by atoms with van der Waals surface area (Å²) in [4.78, 5) is 27.0. The predicted molar refractivity (Wildman–Crippen MR) is 118 cm³/mol. The van der Waals surface area contributed by atoms with Gasteiger partial charge in [-0.05, 0) is 42.0 Å². The maximum Gasteiger partial charge on any atom is 0.323 e. The van der Waals surface area contributed by atoms with Crippen LogP contribution >= 0.6 is 0 Å². The zero-order valence-corrected chi connectivity index (χ0v) is 17.1. The number of morpholine rings is 1. The molecule has 4 rings (SSSR count). The summed E-state index contributed by atoms with van der Waals surface area (Å²) in [7, 11) is 0. The topological polar surface area (TPSA) is 67.9 Å². The number of cyclic esters (lactones) is 1. The highest BCUT2D eigenvalue weighted by molar-refractivity contribution is 5.94. The fourth-order valence-corrected chi connectivity index (χ4v) is 3.50. The van der Waals surface area contributed by atoms with Gasteiger partial charge in [0.15, 0.2) is 0 Å². The van der Waals surface area contributed by atoms with E-state index in [9.17, 15) is 9.59 Å². The van der Waals surface area contributed by atoms with Crippen molar-refractivity contribution in [3.05, 3.63) is 90.5 Å². The molecule has 1 atom stereocenters. The van der Waals surface area contributed by atoms with Crippen molar-refractivity contribution >= 4 is 17.6 Å². The van der Waals surface area contributed by atoms with E-state index in [1.807, 2.05) is 65.6 Å². The van der Waals surface area contributed by atoms with Crippen molar-refractivity contribution in [3.63, 3.8) is 0 Å². The molecule has 1 aliphatic heterocycles. The highest BCUT2D eigenvalue weighted by Gasteiger charge is 2.33. The maximum absolute atomic E-state index is 12.6. The first-order chi connectivity index (χ1) is 15.2. The van der Waals surface area contributed by atoms with Gasteiger partial charge in [0.05, 0.1) is 6.42 Å². The number of carbonyl (C=O) groups excluding carboxylic acids is 2. The molecule has 1 N–H and O–H groups in total. The summed E-state index contributed by atoms with van der Waals surface area (Å²) in [6.45, 7) is 1.54. The summed E-state index contributed by atoms with van der Waals surface area (Å²) in [5.74, 6) is 0.824. The van der Waals surface area contributed by atoms with Crippen LogP contribution in [-0.2, 0) is 20.9 Å². The van der Waals surface area contributed by atoms with Crippen LogP contribution in [0.5, 0.6) is 11.5 Å². The minimum Gasteiger partial charge on any atom is -0.463 e. The number of anilines is 1. The van der Waals surface area contributed by atoms with Crippen molar-refractivity contribution in [1.82, 2.24) is 4.90 Å². The molecule has 1 fully saturated rings. The van der Waals surface area contributed by atoms with E-state index < -0.39 is 6.04 Å². The highest BCUT2D eigenvalue weighted by Crippen LogP contribution is 2.23. The van der Waals surface area contributed by atoms with E-state index in [-0.39, 0.29) is 18.3 Å². The number of benzene rings is 3. The molecule has 6 heteroatoms. The van der Waals surface area contributed by atoms with Gasteiger partial charge in [-0.15, -0.1) is 0 Å². The van der Waals surface area contributed by atoms with Gasteiger partial charge in [0.25, 0.3) is 0 Å². The Labute approximate surface area is 181 Å². The number of hydrogen-bond acceptors (Lipinski definition) is 5. The first-order valence-electron chi connectivity index (χ1n) is 10.2.